The Bertz CT molecular complexity index is 970. The lowest BCUT2D eigenvalue weighted by Crippen LogP contribution is -2.18. The Morgan fingerprint density at radius 2 is 1.79 bits per heavy atom. The molecule has 0 saturated carbocycles. The zero-order valence-corrected chi connectivity index (χ0v) is 13.3. The Balaban J connectivity index is 1.71. The number of benzene rings is 3. The largest absolute Gasteiger partial charge is 0.497 e. The third kappa shape index (κ3) is 2.54. The minimum absolute atomic E-state index is 0.0340. The van der Waals surface area contributed by atoms with Gasteiger partial charge in [0.15, 0.2) is 5.78 Å². The molecule has 0 saturated heterocycles. The van der Waals surface area contributed by atoms with Gasteiger partial charge in [-0.3, -0.25) is 4.79 Å². The molecule has 3 nitrogen and oxygen atoms in total. The van der Waals surface area contributed by atoms with Crippen molar-refractivity contribution in [3.8, 4) is 11.5 Å². The molecule has 0 fully saturated rings. The van der Waals surface area contributed by atoms with Crippen molar-refractivity contribution in [2.75, 3.05) is 13.7 Å². The molecule has 0 unspecified atom stereocenters. The number of carbonyl (C=O) groups is 1. The molecule has 0 atom stereocenters. The normalized spacial score (nSPS) is 15.2. The van der Waals surface area contributed by atoms with E-state index in [1.54, 1.807) is 13.2 Å². The average molecular weight is 316 g/mol. The lowest BCUT2D eigenvalue weighted by atomic mass is 9.97. The number of hydrogen-bond donors (Lipinski definition) is 0. The van der Waals surface area contributed by atoms with Crippen molar-refractivity contribution >= 4 is 22.6 Å². The number of fused-ring (bicyclic) bond motifs is 2. The van der Waals surface area contributed by atoms with E-state index in [0.29, 0.717) is 23.5 Å². The molecule has 3 heteroatoms. The van der Waals surface area contributed by atoms with Crippen LogP contribution in [-0.4, -0.2) is 19.5 Å². The Hall–Kier alpha value is -3.07. The lowest BCUT2D eigenvalue weighted by Gasteiger charge is -2.18. The molecule has 0 N–H and O–H groups in total. The van der Waals surface area contributed by atoms with Gasteiger partial charge >= 0.3 is 0 Å². The molecule has 0 aliphatic carbocycles. The summed E-state index contributed by atoms with van der Waals surface area (Å²) in [5.41, 5.74) is 2.28. The monoisotopic (exact) mass is 316 g/mol. The molecule has 0 bridgehead atoms. The molecule has 0 aromatic heterocycles. The van der Waals surface area contributed by atoms with Gasteiger partial charge in [-0.05, 0) is 52.7 Å². The van der Waals surface area contributed by atoms with Gasteiger partial charge in [0.25, 0.3) is 0 Å². The summed E-state index contributed by atoms with van der Waals surface area (Å²) in [6.07, 6.45) is 1.90. The van der Waals surface area contributed by atoms with Crippen LogP contribution in [0.25, 0.3) is 16.8 Å². The summed E-state index contributed by atoms with van der Waals surface area (Å²) in [5.74, 6) is 1.53. The zero-order valence-electron chi connectivity index (χ0n) is 13.3. The first-order chi connectivity index (χ1) is 11.7. The lowest BCUT2D eigenvalue weighted by molar-refractivity contribution is 0.100. The molecule has 3 aromatic rings. The first-order valence-corrected chi connectivity index (χ1v) is 7.79. The second-order valence-corrected chi connectivity index (χ2v) is 5.76. The summed E-state index contributed by atoms with van der Waals surface area (Å²) >= 11 is 0. The highest BCUT2D eigenvalue weighted by molar-refractivity contribution is 6.14. The van der Waals surface area contributed by atoms with Gasteiger partial charge < -0.3 is 9.47 Å². The fraction of sp³-hybridized carbons (Fsp3) is 0.0952. The maximum Gasteiger partial charge on any atom is 0.196 e. The molecular formula is C21H16O3. The Kier molecular flexibility index (Phi) is 3.54. The van der Waals surface area contributed by atoms with Gasteiger partial charge in [-0.2, -0.15) is 0 Å². The van der Waals surface area contributed by atoms with Crippen LogP contribution in [0.5, 0.6) is 11.5 Å². The maximum absolute atomic E-state index is 12.6. The first-order valence-electron chi connectivity index (χ1n) is 7.79. The summed E-state index contributed by atoms with van der Waals surface area (Å²) in [6, 6.07) is 19.4. The standard InChI is InChI=1S/C21H16O3/c1-23-18-9-8-15-10-14(6-7-16(15)12-18)11-17-13-24-20-5-3-2-4-19(20)21(17)22/h2-12H,13H2,1H3. The van der Waals surface area contributed by atoms with Crippen molar-refractivity contribution in [3.63, 3.8) is 0 Å². The molecule has 3 aromatic carbocycles. The van der Waals surface area contributed by atoms with Crippen molar-refractivity contribution in [2.24, 2.45) is 0 Å². The van der Waals surface area contributed by atoms with E-state index in [2.05, 4.69) is 6.07 Å². The topological polar surface area (TPSA) is 35.5 Å². The minimum atomic E-state index is 0.0340. The first kappa shape index (κ1) is 14.5. The van der Waals surface area contributed by atoms with Crippen molar-refractivity contribution in [1.29, 1.82) is 0 Å². The molecular weight excluding hydrogens is 300 g/mol. The van der Waals surface area contributed by atoms with E-state index < -0.39 is 0 Å². The molecule has 24 heavy (non-hydrogen) atoms. The van der Waals surface area contributed by atoms with Gasteiger partial charge in [0.2, 0.25) is 0 Å². The van der Waals surface area contributed by atoms with Crippen molar-refractivity contribution in [2.45, 2.75) is 0 Å². The molecule has 1 aliphatic rings. The molecule has 118 valence electrons. The van der Waals surface area contributed by atoms with Gasteiger partial charge in [-0.15, -0.1) is 0 Å². The quantitative estimate of drug-likeness (QED) is 0.653. The molecule has 4 rings (SSSR count). The number of carbonyl (C=O) groups excluding carboxylic acids is 1. The van der Waals surface area contributed by atoms with Crippen LogP contribution in [-0.2, 0) is 0 Å². The van der Waals surface area contributed by atoms with E-state index in [4.69, 9.17) is 9.47 Å². The number of methoxy groups -OCH3 is 1. The summed E-state index contributed by atoms with van der Waals surface area (Å²) in [7, 11) is 1.66. The van der Waals surface area contributed by atoms with Crippen LogP contribution in [0.15, 0.2) is 66.2 Å². The van der Waals surface area contributed by atoms with Crippen molar-refractivity contribution < 1.29 is 14.3 Å². The molecule has 0 radical (unpaired) electrons. The van der Waals surface area contributed by atoms with E-state index in [-0.39, 0.29) is 5.78 Å². The Labute approximate surface area is 140 Å². The third-order valence-corrected chi connectivity index (χ3v) is 4.22. The van der Waals surface area contributed by atoms with E-state index in [1.165, 1.54) is 0 Å². The third-order valence-electron chi connectivity index (χ3n) is 4.22. The highest BCUT2D eigenvalue weighted by Crippen LogP contribution is 2.28. The number of para-hydroxylation sites is 1. The van der Waals surface area contributed by atoms with Gasteiger partial charge in [0, 0.05) is 5.57 Å². The van der Waals surface area contributed by atoms with Gasteiger partial charge in [0.1, 0.15) is 18.1 Å². The molecule has 1 aliphatic heterocycles. The summed E-state index contributed by atoms with van der Waals surface area (Å²) in [6.45, 7) is 0.302. The van der Waals surface area contributed by atoms with Crippen molar-refractivity contribution in [3.05, 3.63) is 77.4 Å². The van der Waals surface area contributed by atoms with Gasteiger partial charge in [-0.25, -0.2) is 0 Å². The van der Waals surface area contributed by atoms with E-state index in [1.807, 2.05) is 54.6 Å². The van der Waals surface area contributed by atoms with Crippen LogP contribution >= 0.6 is 0 Å². The van der Waals surface area contributed by atoms with Crippen LogP contribution in [0, 0.1) is 0 Å². The van der Waals surface area contributed by atoms with Gasteiger partial charge in [-0.1, -0.05) is 30.3 Å². The fourth-order valence-corrected chi connectivity index (χ4v) is 2.94. The number of ether oxygens (including phenoxy) is 2. The number of ketones is 1. The predicted octanol–water partition coefficient (Wildman–Crippen LogP) is 4.51. The second-order valence-electron chi connectivity index (χ2n) is 5.76. The van der Waals surface area contributed by atoms with Crippen LogP contribution in [0.4, 0.5) is 0 Å². The molecule has 0 amide bonds. The summed E-state index contributed by atoms with van der Waals surface area (Å²) < 4.78 is 10.9. The predicted molar refractivity (Wildman–Crippen MR) is 94.7 cm³/mol. The summed E-state index contributed by atoms with van der Waals surface area (Å²) in [5, 5.41) is 2.21. The number of rotatable bonds is 2. The smallest absolute Gasteiger partial charge is 0.196 e. The van der Waals surface area contributed by atoms with E-state index in [9.17, 15) is 4.79 Å². The Morgan fingerprint density at radius 1 is 1.00 bits per heavy atom. The highest BCUT2D eigenvalue weighted by Gasteiger charge is 2.22. The second kappa shape index (κ2) is 5.85. The highest BCUT2D eigenvalue weighted by atomic mass is 16.5. The molecule has 0 spiro atoms. The van der Waals surface area contributed by atoms with Crippen LogP contribution in [0.2, 0.25) is 0 Å². The average Bonchev–Trinajstić information content (AvgIpc) is 2.64. The fourth-order valence-electron chi connectivity index (χ4n) is 2.94. The van der Waals surface area contributed by atoms with Crippen LogP contribution < -0.4 is 9.47 Å². The SMILES string of the molecule is COc1ccc2cc(C=C3COc4ccccc4C3=O)ccc2c1. The number of hydrogen-bond acceptors (Lipinski definition) is 3. The summed E-state index contributed by atoms with van der Waals surface area (Å²) in [4.78, 5) is 12.6. The maximum atomic E-state index is 12.6. The zero-order chi connectivity index (χ0) is 16.5. The van der Waals surface area contributed by atoms with Crippen molar-refractivity contribution in [1.82, 2.24) is 0 Å². The van der Waals surface area contributed by atoms with Gasteiger partial charge in [0.05, 0.1) is 12.7 Å². The Morgan fingerprint density at radius 3 is 2.67 bits per heavy atom. The molecule has 1 heterocycles. The van der Waals surface area contributed by atoms with E-state index >= 15 is 0 Å². The number of Topliss-reactive ketones (excluding diaryl/α,β-unsaturated/α-hetero) is 1. The van der Waals surface area contributed by atoms with Crippen LogP contribution in [0.1, 0.15) is 15.9 Å². The van der Waals surface area contributed by atoms with E-state index in [0.717, 1.165) is 22.1 Å². The minimum Gasteiger partial charge on any atom is -0.497 e. The van der Waals surface area contributed by atoms with Crippen LogP contribution in [0.3, 0.4) is 0 Å².